The summed E-state index contributed by atoms with van der Waals surface area (Å²) in [6.07, 6.45) is 0. The molecule has 0 atom stereocenters. The number of hydrogen-bond acceptors (Lipinski definition) is 7. The molecule has 1 N–H and O–H groups in total. The van der Waals surface area contributed by atoms with E-state index in [2.05, 4.69) is 20.6 Å². The molecule has 0 bridgehead atoms. The van der Waals surface area contributed by atoms with E-state index in [1.165, 1.54) is 14.2 Å². The van der Waals surface area contributed by atoms with E-state index in [9.17, 15) is 4.79 Å². The van der Waals surface area contributed by atoms with Crippen molar-refractivity contribution in [1.82, 2.24) is 25.1 Å². The van der Waals surface area contributed by atoms with Gasteiger partial charge in [-0.1, -0.05) is 36.4 Å². The lowest BCUT2D eigenvalue weighted by molar-refractivity contribution is 0.0942. The van der Waals surface area contributed by atoms with Gasteiger partial charge in [0.15, 0.2) is 23.0 Å². The predicted octanol–water partition coefficient (Wildman–Crippen LogP) is 2.62. The highest BCUT2D eigenvalue weighted by Crippen LogP contribution is 2.30. The molecule has 0 spiro atoms. The van der Waals surface area contributed by atoms with E-state index < -0.39 is 0 Å². The van der Waals surface area contributed by atoms with Crippen molar-refractivity contribution < 1.29 is 19.0 Å². The van der Waals surface area contributed by atoms with Crippen molar-refractivity contribution in [3.63, 3.8) is 0 Å². The summed E-state index contributed by atoms with van der Waals surface area (Å²) in [6, 6.07) is 18.3. The molecule has 2 heterocycles. The van der Waals surface area contributed by atoms with Gasteiger partial charge < -0.3 is 19.5 Å². The number of carbonyl (C=O) groups is 1. The first-order chi connectivity index (χ1) is 15.2. The van der Waals surface area contributed by atoms with Crippen LogP contribution in [0.15, 0.2) is 60.7 Å². The Morgan fingerprint density at radius 3 is 2.58 bits per heavy atom. The number of benzene rings is 2. The Morgan fingerprint density at radius 1 is 0.968 bits per heavy atom. The van der Waals surface area contributed by atoms with Gasteiger partial charge in [-0.25, -0.2) is 0 Å². The third-order valence-electron chi connectivity index (χ3n) is 4.56. The van der Waals surface area contributed by atoms with Gasteiger partial charge in [0, 0.05) is 11.6 Å². The lowest BCUT2D eigenvalue weighted by Gasteiger charge is -2.12. The summed E-state index contributed by atoms with van der Waals surface area (Å²) in [4.78, 5) is 12.5. The van der Waals surface area contributed by atoms with Crippen molar-refractivity contribution in [1.29, 1.82) is 0 Å². The van der Waals surface area contributed by atoms with Crippen LogP contribution in [-0.2, 0) is 0 Å². The number of methoxy groups -OCH3 is 2. The fourth-order valence-electron chi connectivity index (χ4n) is 3.10. The number of rotatable bonds is 8. The van der Waals surface area contributed by atoms with E-state index in [0.717, 1.165) is 5.56 Å². The molecular formula is C22H21N5O4. The summed E-state index contributed by atoms with van der Waals surface area (Å²) in [5.41, 5.74) is 1.90. The molecule has 0 fully saturated rings. The quantitative estimate of drug-likeness (QED) is 0.438. The van der Waals surface area contributed by atoms with Gasteiger partial charge in [-0.2, -0.15) is 4.52 Å². The van der Waals surface area contributed by atoms with Crippen LogP contribution in [0.4, 0.5) is 0 Å². The van der Waals surface area contributed by atoms with Gasteiger partial charge in [0.1, 0.15) is 6.61 Å². The Kier molecular flexibility index (Phi) is 5.93. The van der Waals surface area contributed by atoms with Gasteiger partial charge in [0.2, 0.25) is 5.88 Å². The van der Waals surface area contributed by atoms with E-state index in [1.54, 1.807) is 34.8 Å². The Labute approximate surface area is 178 Å². The highest BCUT2D eigenvalue weighted by atomic mass is 16.5. The Bertz CT molecular complexity index is 1190. The van der Waals surface area contributed by atoms with Crippen molar-refractivity contribution >= 4 is 11.6 Å². The number of aromatic nitrogens is 4. The Morgan fingerprint density at radius 2 is 1.81 bits per heavy atom. The molecule has 0 unspecified atom stereocenters. The minimum Gasteiger partial charge on any atom is -0.493 e. The smallest absolute Gasteiger partial charge is 0.255 e. The SMILES string of the molecule is COc1cccc(C(=O)NCCOc2ccc3nnc(-c4ccccc4)n3n2)c1OC. The number of nitrogens with zero attached hydrogens (tertiary/aromatic N) is 4. The average molecular weight is 419 g/mol. The van der Waals surface area contributed by atoms with Crippen LogP contribution in [0, 0.1) is 0 Å². The summed E-state index contributed by atoms with van der Waals surface area (Å²) in [6.45, 7) is 0.520. The maximum Gasteiger partial charge on any atom is 0.255 e. The number of carbonyl (C=O) groups excluding carboxylic acids is 1. The van der Waals surface area contributed by atoms with Gasteiger partial charge in [-0.3, -0.25) is 4.79 Å². The summed E-state index contributed by atoms with van der Waals surface area (Å²) in [7, 11) is 3.02. The van der Waals surface area contributed by atoms with Crippen molar-refractivity contribution in [3.8, 4) is 28.8 Å². The van der Waals surface area contributed by atoms with Gasteiger partial charge >= 0.3 is 0 Å². The minimum atomic E-state index is -0.284. The zero-order valence-corrected chi connectivity index (χ0v) is 17.1. The minimum absolute atomic E-state index is 0.235. The van der Waals surface area contributed by atoms with Crippen LogP contribution in [-0.4, -0.2) is 53.1 Å². The van der Waals surface area contributed by atoms with Crippen molar-refractivity contribution in [3.05, 3.63) is 66.2 Å². The number of nitrogens with one attached hydrogen (secondary N) is 1. The maximum atomic E-state index is 12.5. The number of ether oxygens (including phenoxy) is 3. The highest BCUT2D eigenvalue weighted by Gasteiger charge is 2.16. The fourth-order valence-corrected chi connectivity index (χ4v) is 3.10. The fraction of sp³-hybridized carbons (Fsp3) is 0.182. The monoisotopic (exact) mass is 419 g/mol. The molecule has 9 heteroatoms. The van der Waals surface area contributed by atoms with Gasteiger partial charge in [0.05, 0.1) is 26.3 Å². The molecule has 2 aromatic carbocycles. The molecule has 31 heavy (non-hydrogen) atoms. The molecule has 4 rings (SSSR count). The zero-order valence-electron chi connectivity index (χ0n) is 17.1. The number of fused-ring (bicyclic) bond motifs is 1. The largest absolute Gasteiger partial charge is 0.493 e. The second-order valence-electron chi connectivity index (χ2n) is 6.48. The summed E-state index contributed by atoms with van der Waals surface area (Å²) in [5.74, 6) is 1.62. The summed E-state index contributed by atoms with van der Waals surface area (Å²) in [5, 5.41) is 15.6. The second kappa shape index (κ2) is 9.12. The van der Waals surface area contributed by atoms with Crippen LogP contribution >= 0.6 is 0 Å². The molecule has 1 amide bonds. The maximum absolute atomic E-state index is 12.5. The van der Waals surface area contributed by atoms with Crippen LogP contribution in [0.3, 0.4) is 0 Å². The first-order valence-corrected chi connectivity index (χ1v) is 9.61. The Hall–Kier alpha value is -4.14. The Balaban J connectivity index is 1.40. The molecule has 2 aromatic heterocycles. The molecule has 0 radical (unpaired) electrons. The summed E-state index contributed by atoms with van der Waals surface area (Å²) < 4.78 is 17.9. The predicted molar refractivity (Wildman–Crippen MR) is 114 cm³/mol. The van der Waals surface area contributed by atoms with E-state index in [-0.39, 0.29) is 19.1 Å². The van der Waals surface area contributed by atoms with Crippen LogP contribution in [0.5, 0.6) is 17.4 Å². The van der Waals surface area contributed by atoms with E-state index >= 15 is 0 Å². The lowest BCUT2D eigenvalue weighted by atomic mass is 10.1. The first-order valence-electron chi connectivity index (χ1n) is 9.61. The molecule has 0 aliphatic rings. The van der Waals surface area contributed by atoms with Crippen LogP contribution < -0.4 is 19.5 Å². The van der Waals surface area contributed by atoms with Crippen molar-refractivity contribution in [2.75, 3.05) is 27.4 Å². The number of para-hydroxylation sites is 1. The molecule has 0 aliphatic heterocycles. The molecular weight excluding hydrogens is 398 g/mol. The van der Waals surface area contributed by atoms with E-state index in [1.807, 2.05) is 30.3 Å². The van der Waals surface area contributed by atoms with Crippen molar-refractivity contribution in [2.24, 2.45) is 0 Å². The van der Waals surface area contributed by atoms with Crippen molar-refractivity contribution in [2.45, 2.75) is 0 Å². The number of hydrogen-bond donors (Lipinski definition) is 1. The molecule has 158 valence electrons. The third-order valence-corrected chi connectivity index (χ3v) is 4.56. The van der Waals surface area contributed by atoms with Gasteiger partial charge in [0.25, 0.3) is 5.91 Å². The number of amides is 1. The lowest BCUT2D eigenvalue weighted by Crippen LogP contribution is -2.28. The molecule has 0 saturated heterocycles. The first kappa shape index (κ1) is 20.1. The zero-order chi connectivity index (χ0) is 21.6. The molecule has 0 saturated carbocycles. The van der Waals surface area contributed by atoms with Gasteiger partial charge in [-0.15, -0.1) is 15.3 Å². The molecule has 9 nitrogen and oxygen atoms in total. The molecule has 0 aliphatic carbocycles. The third kappa shape index (κ3) is 4.25. The van der Waals surface area contributed by atoms with E-state index in [4.69, 9.17) is 14.2 Å². The van der Waals surface area contributed by atoms with E-state index in [0.29, 0.717) is 34.4 Å². The van der Waals surface area contributed by atoms with Crippen LogP contribution in [0.1, 0.15) is 10.4 Å². The van der Waals surface area contributed by atoms with Crippen LogP contribution in [0.2, 0.25) is 0 Å². The van der Waals surface area contributed by atoms with Gasteiger partial charge in [-0.05, 0) is 18.2 Å². The normalized spacial score (nSPS) is 10.6. The summed E-state index contributed by atoms with van der Waals surface area (Å²) >= 11 is 0. The standard InChI is InChI=1S/C22H21N5O4/c1-29-17-10-6-9-16(20(17)30-2)22(28)23-13-14-31-19-12-11-18-24-25-21(27(18)26-19)15-7-4-3-5-8-15/h3-12H,13-14H2,1-2H3,(H,23,28). The second-order valence-corrected chi connectivity index (χ2v) is 6.48. The topological polar surface area (TPSA) is 99.9 Å². The molecule has 4 aromatic rings. The average Bonchev–Trinajstić information content (AvgIpc) is 3.25. The van der Waals surface area contributed by atoms with Crippen LogP contribution in [0.25, 0.3) is 17.0 Å². The highest BCUT2D eigenvalue weighted by molar-refractivity contribution is 5.97.